The van der Waals surface area contributed by atoms with Crippen LogP contribution in [0.2, 0.25) is 10.0 Å². The number of halogens is 2. The molecule has 0 fully saturated rings. The Bertz CT molecular complexity index is 342. The largest absolute Gasteiger partial charge is 0.313 e. The molecule has 1 aromatic rings. The molecule has 0 atom stereocenters. The van der Waals surface area contributed by atoms with Gasteiger partial charge in [0.15, 0.2) is 0 Å². The molecule has 0 saturated heterocycles. The number of benzene rings is 1. The van der Waals surface area contributed by atoms with E-state index in [2.05, 4.69) is 26.1 Å². The molecule has 0 bridgehead atoms. The van der Waals surface area contributed by atoms with Crippen LogP contribution in [0.3, 0.4) is 0 Å². The normalized spacial score (nSPS) is 11.8. The lowest BCUT2D eigenvalue weighted by Crippen LogP contribution is -2.20. The molecule has 0 aliphatic rings. The highest BCUT2D eigenvalue weighted by atomic mass is 35.5. The maximum absolute atomic E-state index is 5.94. The fourth-order valence-electron chi connectivity index (χ4n) is 1.35. The van der Waals surface area contributed by atoms with Crippen molar-refractivity contribution in [1.29, 1.82) is 0 Å². The van der Waals surface area contributed by atoms with E-state index in [0.717, 1.165) is 19.5 Å². The van der Waals surface area contributed by atoms with Gasteiger partial charge in [-0.3, -0.25) is 0 Å². The first-order chi connectivity index (χ1) is 7.38. The van der Waals surface area contributed by atoms with Gasteiger partial charge >= 0.3 is 0 Å². The van der Waals surface area contributed by atoms with Crippen molar-refractivity contribution < 1.29 is 0 Å². The van der Waals surface area contributed by atoms with Gasteiger partial charge in [0.1, 0.15) is 0 Å². The minimum atomic E-state index is 0.380. The van der Waals surface area contributed by atoms with Crippen LogP contribution in [0.4, 0.5) is 0 Å². The fraction of sp³-hybridized carbons (Fsp3) is 0.538. The van der Waals surface area contributed by atoms with Crippen molar-refractivity contribution >= 4 is 23.2 Å². The van der Waals surface area contributed by atoms with E-state index in [1.54, 1.807) is 0 Å². The van der Waals surface area contributed by atoms with Crippen LogP contribution < -0.4 is 5.32 Å². The molecule has 1 N–H and O–H groups in total. The third-order valence-corrected chi connectivity index (χ3v) is 3.10. The van der Waals surface area contributed by atoms with E-state index < -0.39 is 0 Å². The zero-order chi connectivity index (χ0) is 12.2. The molecule has 0 aliphatic heterocycles. The second kappa shape index (κ2) is 5.90. The molecule has 0 aliphatic carbocycles. The molecule has 0 spiro atoms. The van der Waals surface area contributed by atoms with Gasteiger partial charge in [-0.1, -0.05) is 50.0 Å². The molecule has 1 rings (SSSR count). The van der Waals surface area contributed by atoms with Crippen molar-refractivity contribution in [3.63, 3.8) is 0 Å². The van der Waals surface area contributed by atoms with Gasteiger partial charge < -0.3 is 5.32 Å². The van der Waals surface area contributed by atoms with Gasteiger partial charge in [-0.15, -0.1) is 0 Å². The van der Waals surface area contributed by atoms with Gasteiger partial charge in [0, 0.05) is 6.54 Å². The molecule has 0 radical (unpaired) electrons. The lowest BCUT2D eigenvalue weighted by molar-refractivity contribution is 0.366. The summed E-state index contributed by atoms with van der Waals surface area (Å²) in [5, 5.41) is 4.64. The summed E-state index contributed by atoms with van der Waals surface area (Å²) < 4.78 is 0. The van der Waals surface area contributed by atoms with E-state index >= 15 is 0 Å². The average molecular weight is 260 g/mol. The minimum absolute atomic E-state index is 0.380. The van der Waals surface area contributed by atoms with E-state index in [0.29, 0.717) is 15.5 Å². The lowest BCUT2D eigenvalue weighted by atomic mass is 9.92. The molecule has 0 amide bonds. The zero-order valence-electron chi connectivity index (χ0n) is 10.1. The number of hydrogen-bond acceptors (Lipinski definition) is 1. The molecule has 1 nitrogen and oxygen atoms in total. The van der Waals surface area contributed by atoms with Crippen molar-refractivity contribution in [1.82, 2.24) is 5.32 Å². The molecular formula is C13H19Cl2N. The van der Waals surface area contributed by atoms with Crippen LogP contribution in [0.5, 0.6) is 0 Å². The number of nitrogens with one attached hydrogen (secondary N) is 1. The standard InChI is InChI=1S/C13H19Cl2N/c1-13(2,3)6-7-16-9-10-4-5-11(14)12(15)8-10/h4-5,8,16H,6-7,9H2,1-3H3. The zero-order valence-corrected chi connectivity index (χ0v) is 11.6. The van der Waals surface area contributed by atoms with E-state index in [9.17, 15) is 0 Å². The van der Waals surface area contributed by atoms with Crippen molar-refractivity contribution in [2.45, 2.75) is 33.7 Å². The summed E-state index contributed by atoms with van der Waals surface area (Å²) in [5.41, 5.74) is 1.55. The monoisotopic (exact) mass is 259 g/mol. The van der Waals surface area contributed by atoms with Crippen LogP contribution in [0.15, 0.2) is 18.2 Å². The van der Waals surface area contributed by atoms with Crippen LogP contribution in [0.1, 0.15) is 32.8 Å². The van der Waals surface area contributed by atoms with Crippen LogP contribution >= 0.6 is 23.2 Å². The predicted octanol–water partition coefficient (Wildman–Crippen LogP) is 4.52. The first kappa shape index (κ1) is 13.8. The Labute approximate surface area is 108 Å². The third kappa shape index (κ3) is 5.20. The van der Waals surface area contributed by atoms with Crippen LogP contribution in [-0.4, -0.2) is 6.54 Å². The summed E-state index contributed by atoms with van der Waals surface area (Å²) in [7, 11) is 0. The maximum atomic E-state index is 5.94. The SMILES string of the molecule is CC(C)(C)CCNCc1ccc(Cl)c(Cl)c1. The van der Waals surface area contributed by atoms with Gasteiger partial charge in [-0.2, -0.15) is 0 Å². The Morgan fingerprint density at radius 2 is 1.81 bits per heavy atom. The van der Waals surface area contributed by atoms with Gasteiger partial charge in [0.2, 0.25) is 0 Å². The molecule has 1 aromatic carbocycles. The molecular weight excluding hydrogens is 241 g/mol. The highest BCUT2D eigenvalue weighted by molar-refractivity contribution is 6.42. The van der Waals surface area contributed by atoms with E-state index in [1.807, 2.05) is 18.2 Å². The summed E-state index contributed by atoms with van der Waals surface area (Å²) in [6, 6.07) is 5.75. The summed E-state index contributed by atoms with van der Waals surface area (Å²) in [4.78, 5) is 0. The summed E-state index contributed by atoms with van der Waals surface area (Å²) >= 11 is 11.8. The predicted molar refractivity (Wildman–Crippen MR) is 72.2 cm³/mol. The second-order valence-electron chi connectivity index (χ2n) is 5.24. The maximum Gasteiger partial charge on any atom is 0.0595 e. The number of hydrogen-bond donors (Lipinski definition) is 1. The molecule has 0 aromatic heterocycles. The summed E-state index contributed by atoms with van der Waals surface area (Å²) in [5.74, 6) is 0. The van der Waals surface area contributed by atoms with Gasteiger partial charge in [-0.25, -0.2) is 0 Å². The van der Waals surface area contributed by atoms with E-state index in [-0.39, 0.29) is 0 Å². The second-order valence-corrected chi connectivity index (χ2v) is 6.05. The molecule has 3 heteroatoms. The van der Waals surface area contributed by atoms with E-state index in [4.69, 9.17) is 23.2 Å². The van der Waals surface area contributed by atoms with Crippen molar-refractivity contribution in [3.05, 3.63) is 33.8 Å². The average Bonchev–Trinajstić information content (AvgIpc) is 2.17. The van der Waals surface area contributed by atoms with Crippen molar-refractivity contribution in [2.75, 3.05) is 6.54 Å². The first-order valence-electron chi connectivity index (χ1n) is 5.53. The first-order valence-corrected chi connectivity index (χ1v) is 6.29. The van der Waals surface area contributed by atoms with Gasteiger partial charge in [0.05, 0.1) is 10.0 Å². The van der Waals surface area contributed by atoms with Crippen molar-refractivity contribution in [2.24, 2.45) is 5.41 Å². The fourth-order valence-corrected chi connectivity index (χ4v) is 1.67. The molecule has 90 valence electrons. The van der Waals surface area contributed by atoms with Crippen LogP contribution in [0, 0.1) is 5.41 Å². The Morgan fingerprint density at radius 3 is 2.38 bits per heavy atom. The van der Waals surface area contributed by atoms with Crippen LogP contribution in [0.25, 0.3) is 0 Å². The third-order valence-electron chi connectivity index (χ3n) is 2.36. The van der Waals surface area contributed by atoms with E-state index in [1.165, 1.54) is 5.56 Å². The summed E-state index contributed by atoms with van der Waals surface area (Å²) in [6.45, 7) is 8.59. The Kier molecular flexibility index (Phi) is 5.10. The molecule has 0 unspecified atom stereocenters. The molecule has 16 heavy (non-hydrogen) atoms. The van der Waals surface area contributed by atoms with Gasteiger partial charge in [-0.05, 0) is 36.1 Å². The Hall–Kier alpha value is -0.240. The minimum Gasteiger partial charge on any atom is -0.313 e. The topological polar surface area (TPSA) is 12.0 Å². The quantitative estimate of drug-likeness (QED) is 0.785. The molecule has 0 heterocycles. The highest BCUT2D eigenvalue weighted by Gasteiger charge is 2.08. The van der Waals surface area contributed by atoms with Gasteiger partial charge in [0.25, 0.3) is 0 Å². The highest BCUT2D eigenvalue weighted by Crippen LogP contribution is 2.22. The lowest BCUT2D eigenvalue weighted by Gasteiger charge is -2.18. The van der Waals surface area contributed by atoms with Crippen molar-refractivity contribution in [3.8, 4) is 0 Å². The van der Waals surface area contributed by atoms with Crippen LogP contribution in [-0.2, 0) is 6.54 Å². The Morgan fingerprint density at radius 1 is 1.12 bits per heavy atom. The Balaban J connectivity index is 2.35. The molecule has 0 saturated carbocycles. The smallest absolute Gasteiger partial charge is 0.0595 e. The summed E-state index contributed by atoms with van der Waals surface area (Å²) in [6.07, 6.45) is 1.16. The number of rotatable bonds is 4.